The van der Waals surface area contributed by atoms with Crippen LogP contribution in [0.1, 0.15) is 32.9 Å². The maximum atomic E-state index is 2.37. The van der Waals surface area contributed by atoms with Gasteiger partial charge in [-0.1, -0.05) is 0 Å². The van der Waals surface area contributed by atoms with Gasteiger partial charge in [-0.2, -0.15) is 0 Å². The minimum Gasteiger partial charge on any atom is -1.00 e. The van der Waals surface area contributed by atoms with Gasteiger partial charge in [0.1, 0.15) is 0 Å². The first-order chi connectivity index (χ1) is 6.11. The van der Waals surface area contributed by atoms with Crippen LogP contribution in [0.4, 0.5) is 0 Å². The Morgan fingerprint density at radius 2 is 1.53 bits per heavy atom. The molecule has 0 saturated carbocycles. The molecule has 1 aliphatic carbocycles. The van der Waals surface area contributed by atoms with Gasteiger partial charge in [0.25, 0.3) is 0 Å². The van der Waals surface area contributed by atoms with Crippen molar-refractivity contribution in [2.45, 2.75) is 24.4 Å². The topological polar surface area (TPSA) is 0 Å². The molecule has 1 aliphatic rings. The van der Waals surface area contributed by atoms with E-state index in [1.54, 1.807) is 11.1 Å². The predicted octanol–water partition coefficient (Wildman–Crippen LogP) is -2.68. The Morgan fingerprint density at radius 3 is 2.07 bits per heavy atom. The van der Waals surface area contributed by atoms with E-state index in [4.69, 9.17) is 0 Å². The second-order valence-corrected chi connectivity index (χ2v) is 5.92. The van der Waals surface area contributed by atoms with Gasteiger partial charge in [-0.25, -0.2) is 0 Å². The number of fused-ring (bicyclic) bond motifs is 1. The van der Waals surface area contributed by atoms with Crippen molar-refractivity contribution in [2.75, 3.05) is 0 Å². The molecule has 2 rings (SSSR count). The van der Waals surface area contributed by atoms with E-state index in [1.165, 1.54) is 41.1 Å². The van der Waals surface area contributed by atoms with Crippen LogP contribution in [0.3, 0.4) is 0 Å². The summed E-state index contributed by atoms with van der Waals surface area (Å²) in [6, 6.07) is 4.49. The zero-order valence-corrected chi connectivity index (χ0v) is 14.2. The Kier molecular flexibility index (Phi) is 5.81. The van der Waals surface area contributed by atoms with Crippen LogP contribution in [-0.4, -0.2) is 0 Å². The van der Waals surface area contributed by atoms with E-state index in [0.717, 1.165) is 3.67 Å². The van der Waals surface area contributed by atoms with Gasteiger partial charge in [0.2, 0.25) is 0 Å². The van der Waals surface area contributed by atoms with Crippen LogP contribution in [0, 0.1) is 13.8 Å². The van der Waals surface area contributed by atoms with E-state index in [2.05, 4.69) is 39.0 Å². The van der Waals surface area contributed by atoms with Crippen LogP contribution in [0.15, 0.2) is 17.7 Å². The van der Waals surface area contributed by atoms with Crippen LogP contribution in [0.5, 0.6) is 0 Å². The smallest absolute Gasteiger partial charge is 1.00 e. The number of aryl methyl sites for hydroxylation is 2. The van der Waals surface area contributed by atoms with E-state index in [1.807, 2.05) is 0 Å². The molecule has 79 valence electrons. The first-order valence-electron chi connectivity index (χ1n) is 4.60. The molecule has 0 aromatic heterocycles. The molecular weight excluding hydrogens is 394 g/mol. The van der Waals surface area contributed by atoms with Gasteiger partial charge in [0, 0.05) is 0 Å². The van der Waals surface area contributed by atoms with Crippen molar-refractivity contribution in [1.29, 1.82) is 0 Å². The van der Waals surface area contributed by atoms with Crippen molar-refractivity contribution >= 4 is 6.08 Å². The standard InChI is InChI=1S/C12H13.2ClH.Hf/c1-8-6-11-9(2)4-5-10(3)12(11)7-8;;;/h4-7H,1-3H3;2*1H;/q;;;+2/p-2. The minimum atomic E-state index is 0. The van der Waals surface area contributed by atoms with Gasteiger partial charge in [-0.05, 0) is 0 Å². The Morgan fingerprint density at radius 1 is 1.00 bits per heavy atom. The fourth-order valence-electron chi connectivity index (χ4n) is 1.97. The predicted molar refractivity (Wildman–Crippen MR) is 52.3 cm³/mol. The van der Waals surface area contributed by atoms with Gasteiger partial charge < -0.3 is 24.8 Å². The molecule has 0 N–H and O–H groups in total. The van der Waals surface area contributed by atoms with E-state index in [-0.39, 0.29) is 24.8 Å². The molecular formula is C12H13Cl2Hf. The molecule has 15 heavy (non-hydrogen) atoms. The molecule has 0 saturated heterocycles. The van der Waals surface area contributed by atoms with Crippen LogP contribution in [0.2, 0.25) is 0 Å². The number of rotatable bonds is 0. The van der Waals surface area contributed by atoms with Crippen LogP contribution >= 0.6 is 0 Å². The maximum absolute atomic E-state index is 2.37. The Labute approximate surface area is 119 Å². The van der Waals surface area contributed by atoms with Gasteiger partial charge in [-0.15, -0.1) is 0 Å². The number of benzene rings is 1. The zero-order chi connectivity index (χ0) is 9.59. The summed E-state index contributed by atoms with van der Waals surface area (Å²) in [6.07, 6.45) is 2.37. The third kappa shape index (κ3) is 2.57. The minimum absolute atomic E-state index is 0. The summed E-state index contributed by atoms with van der Waals surface area (Å²) in [5.74, 6) is 0. The molecule has 0 fully saturated rings. The third-order valence-electron chi connectivity index (χ3n) is 2.84. The first kappa shape index (κ1) is 15.4. The van der Waals surface area contributed by atoms with Crippen molar-refractivity contribution in [3.05, 3.63) is 40.0 Å². The average molecular weight is 407 g/mol. The molecule has 0 bridgehead atoms. The Balaban J connectivity index is 0.000000980. The molecule has 0 amide bonds. The molecule has 1 unspecified atom stereocenters. The van der Waals surface area contributed by atoms with Gasteiger partial charge in [0.15, 0.2) is 0 Å². The van der Waals surface area contributed by atoms with E-state index >= 15 is 0 Å². The Bertz CT molecular complexity index is 397. The molecule has 1 atom stereocenters. The van der Waals surface area contributed by atoms with Crippen molar-refractivity contribution in [1.82, 2.24) is 0 Å². The fourth-order valence-corrected chi connectivity index (χ4v) is 3.64. The molecule has 0 radical (unpaired) electrons. The van der Waals surface area contributed by atoms with Gasteiger partial charge >= 0.3 is 94.9 Å². The SMILES string of the molecule is CC1=Cc2c(C)ccc(C)c2[CH]1[Hf+2].[Cl-].[Cl-]. The summed E-state index contributed by atoms with van der Waals surface area (Å²) in [5, 5.41) is 0. The fraction of sp³-hybridized carbons (Fsp3) is 0.333. The molecule has 1 aromatic rings. The van der Waals surface area contributed by atoms with Crippen molar-refractivity contribution in [3.63, 3.8) is 0 Å². The first-order valence-corrected chi connectivity index (χ1v) is 6.68. The second-order valence-electron chi connectivity index (χ2n) is 3.85. The van der Waals surface area contributed by atoms with E-state index < -0.39 is 0 Å². The number of halogens is 2. The van der Waals surface area contributed by atoms with Crippen molar-refractivity contribution in [2.24, 2.45) is 0 Å². The summed E-state index contributed by atoms with van der Waals surface area (Å²) in [6.45, 7) is 6.70. The zero-order valence-electron chi connectivity index (χ0n) is 9.07. The maximum Gasteiger partial charge on any atom is -1.00 e. The van der Waals surface area contributed by atoms with Crippen molar-refractivity contribution < 1.29 is 49.2 Å². The quantitative estimate of drug-likeness (QED) is 0.412. The normalized spacial score (nSPS) is 17.4. The molecule has 0 nitrogen and oxygen atoms in total. The summed E-state index contributed by atoms with van der Waals surface area (Å²) in [5.41, 5.74) is 7.55. The Hall–Kier alpha value is 0.410. The van der Waals surface area contributed by atoms with E-state index in [9.17, 15) is 0 Å². The molecule has 0 aliphatic heterocycles. The number of hydrogen-bond donors (Lipinski definition) is 0. The largest absolute Gasteiger partial charge is 1.00 e. The number of allylic oxidation sites excluding steroid dienone is 1. The van der Waals surface area contributed by atoms with Crippen LogP contribution < -0.4 is 24.8 Å². The second kappa shape index (κ2) is 5.65. The van der Waals surface area contributed by atoms with Crippen molar-refractivity contribution in [3.8, 4) is 0 Å². The van der Waals surface area contributed by atoms with E-state index in [0.29, 0.717) is 0 Å². The van der Waals surface area contributed by atoms with Gasteiger partial charge in [0.05, 0.1) is 0 Å². The summed E-state index contributed by atoms with van der Waals surface area (Å²) in [4.78, 5) is 0. The summed E-state index contributed by atoms with van der Waals surface area (Å²) in [7, 11) is 0. The molecule has 0 spiro atoms. The molecule has 0 heterocycles. The number of hydrogen-bond acceptors (Lipinski definition) is 0. The monoisotopic (exact) mass is 407 g/mol. The van der Waals surface area contributed by atoms with Crippen LogP contribution in [0.25, 0.3) is 6.08 Å². The summed E-state index contributed by atoms with van der Waals surface area (Å²) >= 11 is 1.24. The average Bonchev–Trinajstić information content (AvgIpc) is 2.38. The van der Waals surface area contributed by atoms with Crippen LogP contribution in [-0.2, 0) is 24.4 Å². The summed E-state index contributed by atoms with van der Waals surface area (Å²) < 4.78 is 0.759. The molecule has 1 aromatic carbocycles. The third-order valence-corrected chi connectivity index (χ3v) is 5.51. The molecule has 3 heteroatoms. The van der Waals surface area contributed by atoms with Gasteiger partial charge in [-0.3, -0.25) is 0 Å².